The van der Waals surface area contributed by atoms with Crippen molar-refractivity contribution in [3.8, 4) is 0 Å². The third-order valence-electron chi connectivity index (χ3n) is 2.72. The van der Waals surface area contributed by atoms with Crippen molar-refractivity contribution in [2.75, 3.05) is 0 Å². The summed E-state index contributed by atoms with van der Waals surface area (Å²) in [6.07, 6.45) is 8.57. The van der Waals surface area contributed by atoms with E-state index in [1.165, 1.54) is 0 Å². The summed E-state index contributed by atoms with van der Waals surface area (Å²) in [6.45, 7) is 3.53. The minimum atomic E-state index is -0.00348. The van der Waals surface area contributed by atoms with Crippen LogP contribution in [0.1, 0.15) is 24.5 Å². The Morgan fingerprint density at radius 1 is 1.37 bits per heavy atom. The molecule has 0 fully saturated rings. The monoisotopic (exact) mass is 258 g/mol. The number of amides is 1. The molecule has 0 radical (unpaired) electrons. The predicted molar refractivity (Wildman–Crippen MR) is 72.3 cm³/mol. The third-order valence-corrected chi connectivity index (χ3v) is 2.72. The van der Waals surface area contributed by atoms with Crippen molar-refractivity contribution < 1.29 is 4.79 Å². The molecule has 0 aliphatic heterocycles. The average molecular weight is 258 g/mol. The molecule has 5 heteroatoms. The Balaban J connectivity index is 1.79. The summed E-state index contributed by atoms with van der Waals surface area (Å²) in [5.41, 5.74) is 1.94. The number of pyridine rings is 1. The van der Waals surface area contributed by atoms with E-state index in [1.54, 1.807) is 18.6 Å². The molecule has 0 spiro atoms. The van der Waals surface area contributed by atoms with Gasteiger partial charge in [-0.25, -0.2) is 0 Å². The van der Waals surface area contributed by atoms with E-state index in [4.69, 9.17) is 0 Å². The van der Waals surface area contributed by atoms with Crippen molar-refractivity contribution in [1.29, 1.82) is 0 Å². The van der Waals surface area contributed by atoms with Crippen LogP contribution in [0.2, 0.25) is 0 Å². The molecule has 0 saturated carbocycles. The summed E-state index contributed by atoms with van der Waals surface area (Å²) in [4.78, 5) is 15.7. The summed E-state index contributed by atoms with van der Waals surface area (Å²) in [7, 11) is 0. The van der Waals surface area contributed by atoms with Crippen LogP contribution < -0.4 is 5.32 Å². The molecular formula is C14H18N4O. The summed E-state index contributed by atoms with van der Waals surface area (Å²) < 4.78 is 1.89. The van der Waals surface area contributed by atoms with Crippen LogP contribution in [-0.4, -0.2) is 20.7 Å². The summed E-state index contributed by atoms with van der Waals surface area (Å²) in [6, 6.07) is 3.73. The van der Waals surface area contributed by atoms with E-state index in [9.17, 15) is 4.79 Å². The van der Waals surface area contributed by atoms with E-state index in [0.717, 1.165) is 24.1 Å². The molecule has 100 valence electrons. The summed E-state index contributed by atoms with van der Waals surface area (Å²) in [5, 5.41) is 7.11. The van der Waals surface area contributed by atoms with Gasteiger partial charge in [0.15, 0.2) is 0 Å². The highest BCUT2D eigenvalue weighted by molar-refractivity contribution is 5.78. The first kappa shape index (κ1) is 13.3. The first-order valence-electron chi connectivity index (χ1n) is 6.45. The van der Waals surface area contributed by atoms with Crippen molar-refractivity contribution >= 4 is 5.91 Å². The van der Waals surface area contributed by atoms with Crippen molar-refractivity contribution in [2.45, 2.75) is 32.9 Å². The predicted octanol–water partition coefficient (Wildman–Crippen LogP) is 1.55. The second-order valence-electron chi connectivity index (χ2n) is 4.43. The first-order valence-corrected chi connectivity index (χ1v) is 6.45. The van der Waals surface area contributed by atoms with Crippen molar-refractivity contribution in [1.82, 2.24) is 20.1 Å². The number of rotatable bonds is 6. The number of carbonyl (C=O) groups excluding carboxylic acids is 1. The van der Waals surface area contributed by atoms with Crippen LogP contribution in [0, 0.1) is 0 Å². The van der Waals surface area contributed by atoms with Gasteiger partial charge in [-0.15, -0.1) is 0 Å². The highest BCUT2D eigenvalue weighted by Gasteiger charge is 2.04. The van der Waals surface area contributed by atoms with Crippen LogP contribution in [-0.2, 0) is 24.3 Å². The lowest BCUT2D eigenvalue weighted by Gasteiger charge is -2.03. The van der Waals surface area contributed by atoms with Gasteiger partial charge in [-0.05, 0) is 18.1 Å². The molecule has 1 amide bonds. The standard InChI is InChI=1S/C14H18N4O/c1-2-6-18-11-13(10-17-18)9-16-14(19)7-12-4-3-5-15-8-12/h3-5,8,10-11H,2,6-7,9H2,1H3,(H,16,19). The highest BCUT2D eigenvalue weighted by Crippen LogP contribution is 2.00. The maximum atomic E-state index is 11.8. The van der Waals surface area contributed by atoms with Crippen molar-refractivity contribution in [3.05, 3.63) is 48.0 Å². The van der Waals surface area contributed by atoms with Gasteiger partial charge in [0.25, 0.3) is 0 Å². The Kier molecular flexibility index (Phi) is 4.66. The molecule has 5 nitrogen and oxygen atoms in total. The molecule has 0 atom stereocenters. The number of nitrogens with one attached hydrogen (secondary N) is 1. The van der Waals surface area contributed by atoms with Gasteiger partial charge >= 0.3 is 0 Å². The topological polar surface area (TPSA) is 59.8 Å². The number of hydrogen-bond donors (Lipinski definition) is 1. The Hall–Kier alpha value is -2.17. The zero-order valence-electron chi connectivity index (χ0n) is 11.0. The van der Waals surface area contributed by atoms with E-state index >= 15 is 0 Å². The molecule has 1 N–H and O–H groups in total. The van der Waals surface area contributed by atoms with Gasteiger partial charge in [-0.2, -0.15) is 5.10 Å². The smallest absolute Gasteiger partial charge is 0.224 e. The minimum Gasteiger partial charge on any atom is -0.352 e. The molecule has 19 heavy (non-hydrogen) atoms. The number of carbonyl (C=O) groups is 1. The van der Waals surface area contributed by atoms with Gasteiger partial charge in [0.05, 0.1) is 12.6 Å². The molecule has 0 aromatic carbocycles. The van der Waals surface area contributed by atoms with Crippen LogP contribution in [0.5, 0.6) is 0 Å². The normalized spacial score (nSPS) is 10.4. The maximum absolute atomic E-state index is 11.8. The third kappa shape index (κ3) is 4.21. The fourth-order valence-corrected chi connectivity index (χ4v) is 1.80. The minimum absolute atomic E-state index is 0.00348. The van der Waals surface area contributed by atoms with Crippen LogP contribution in [0.3, 0.4) is 0 Å². The lowest BCUT2D eigenvalue weighted by atomic mass is 10.2. The van der Waals surface area contributed by atoms with E-state index in [1.807, 2.05) is 23.0 Å². The quantitative estimate of drug-likeness (QED) is 0.855. The van der Waals surface area contributed by atoms with Crippen LogP contribution in [0.25, 0.3) is 0 Å². The lowest BCUT2D eigenvalue weighted by molar-refractivity contribution is -0.120. The van der Waals surface area contributed by atoms with Crippen LogP contribution in [0.15, 0.2) is 36.9 Å². The number of nitrogens with zero attached hydrogens (tertiary/aromatic N) is 3. The fourth-order valence-electron chi connectivity index (χ4n) is 1.80. The van der Waals surface area contributed by atoms with Crippen LogP contribution in [0.4, 0.5) is 0 Å². The molecule has 0 saturated heterocycles. The average Bonchev–Trinajstić information content (AvgIpc) is 2.86. The van der Waals surface area contributed by atoms with Gasteiger partial charge in [0.2, 0.25) is 5.91 Å². The SMILES string of the molecule is CCCn1cc(CNC(=O)Cc2cccnc2)cn1. The van der Waals surface area contributed by atoms with E-state index in [-0.39, 0.29) is 5.91 Å². The lowest BCUT2D eigenvalue weighted by Crippen LogP contribution is -2.24. The van der Waals surface area contributed by atoms with E-state index < -0.39 is 0 Å². The molecule has 2 rings (SSSR count). The molecule has 0 unspecified atom stereocenters. The molecule has 2 aromatic heterocycles. The Morgan fingerprint density at radius 3 is 3.00 bits per heavy atom. The zero-order chi connectivity index (χ0) is 13.5. The van der Waals surface area contributed by atoms with E-state index in [0.29, 0.717) is 13.0 Å². The van der Waals surface area contributed by atoms with Crippen molar-refractivity contribution in [2.24, 2.45) is 0 Å². The number of aryl methyl sites for hydroxylation is 1. The Labute approximate surface area is 112 Å². The second kappa shape index (κ2) is 6.68. The Morgan fingerprint density at radius 2 is 2.26 bits per heavy atom. The second-order valence-corrected chi connectivity index (χ2v) is 4.43. The summed E-state index contributed by atoms with van der Waals surface area (Å²) in [5.74, 6) is -0.00348. The number of aromatic nitrogens is 3. The Bertz CT molecular complexity index is 521. The fraction of sp³-hybridized carbons (Fsp3) is 0.357. The highest BCUT2D eigenvalue weighted by atomic mass is 16.1. The molecule has 2 aromatic rings. The molecule has 0 aliphatic carbocycles. The summed E-state index contributed by atoms with van der Waals surface area (Å²) >= 11 is 0. The largest absolute Gasteiger partial charge is 0.352 e. The molecular weight excluding hydrogens is 240 g/mol. The van der Waals surface area contributed by atoms with Gasteiger partial charge in [-0.3, -0.25) is 14.5 Å². The molecule has 0 aliphatic rings. The van der Waals surface area contributed by atoms with Gasteiger partial charge < -0.3 is 5.32 Å². The van der Waals surface area contributed by atoms with Crippen LogP contribution >= 0.6 is 0 Å². The van der Waals surface area contributed by atoms with Gasteiger partial charge in [-0.1, -0.05) is 13.0 Å². The first-order chi connectivity index (χ1) is 9.28. The van der Waals surface area contributed by atoms with Gasteiger partial charge in [0.1, 0.15) is 0 Å². The molecule has 2 heterocycles. The zero-order valence-corrected chi connectivity index (χ0v) is 11.0. The van der Waals surface area contributed by atoms with E-state index in [2.05, 4.69) is 22.3 Å². The number of hydrogen-bond acceptors (Lipinski definition) is 3. The van der Waals surface area contributed by atoms with Crippen molar-refractivity contribution in [3.63, 3.8) is 0 Å². The van der Waals surface area contributed by atoms with Gasteiger partial charge in [0, 0.05) is 37.2 Å². The molecule has 0 bridgehead atoms. The maximum Gasteiger partial charge on any atom is 0.224 e.